The van der Waals surface area contributed by atoms with E-state index < -0.39 is 29.5 Å². The molecule has 4 atom stereocenters. The maximum absolute atomic E-state index is 12.6. The Morgan fingerprint density at radius 1 is 1.32 bits per heavy atom. The van der Waals surface area contributed by atoms with Crippen molar-refractivity contribution >= 4 is 17.6 Å². The molecule has 0 unspecified atom stereocenters. The number of aliphatic carboxylic acids is 1. The molecule has 6 heteroatoms. The van der Waals surface area contributed by atoms with Crippen LogP contribution in [-0.2, 0) is 14.3 Å². The van der Waals surface area contributed by atoms with Crippen molar-refractivity contribution in [3.05, 3.63) is 36.4 Å². The van der Waals surface area contributed by atoms with Crippen molar-refractivity contribution in [3.63, 3.8) is 0 Å². The Kier molecular flexibility index (Phi) is 3.41. The van der Waals surface area contributed by atoms with Crippen LogP contribution in [0.5, 0.6) is 5.75 Å². The van der Waals surface area contributed by atoms with Crippen LogP contribution in [0.4, 0.5) is 5.69 Å². The molecule has 2 aliphatic heterocycles. The fourth-order valence-electron chi connectivity index (χ4n) is 3.17. The van der Waals surface area contributed by atoms with Crippen LogP contribution in [0, 0.1) is 11.8 Å². The number of amides is 1. The van der Waals surface area contributed by atoms with E-state index in [0.29, 0.717) is 11.4 Å². The molecule has 2 N–H and O–H groups in total. The van der Waals surface area contributed by atoms with E-state index in [0.717, 1.165) is 0 Å². The molecule has 3 rings (SSSR count). The Balaban J connectivity index is 1.81. The Labute approximate surface area is 127 Å². The number of hydrogen-bond acceptors (Lipinski definition) is 4. The van der Waals surface area contributed by atoms with Gasteiger partial charge in [-0.3, -0.25) is 9.59 Å². The average Bonchev–Trinajstić information content (AvgIpc) is 3.01. The average molecular weight is 303 g/mol. The summed E-state index contributed by atoms with van der Waals surface area (Å²) in [6.45, 7) is 1.74. The van der Waals surface area contributed by atoms with Gasteiger partial charge in [-0.15, -0.1) is 0 Å². The summed E-state index contributed by atoms with van der Waals surface area (Å²) in [4.78, 5) is 24.0. The van der Waals surface area contributed by atoms with E-state index in [1.54, 1.807) is 50.5 Å². The number of methoxy groups -OCH3 is 1. The van der Waals surface area contributed by atoms with Crippen LogP contribution < -0.4 is 10.1 Å². The van der Waals surface area contributed by atoms with Gasteiger partial charge in [-0.1, -0.05) is 12.2 Å². The molecule has 6 nitrogen and oxygen atoms in total. The number of fused-ring (bicyclic) bond motifs is 2. The summed E-state index contributed by atoms with van der Waals surface area (Å²) in [5.41, 5.74) is -0.283. The van der Waals surface area contributed by atoms with Gasteiger partial charge in [0.1, 0.15) is 11.7 Å². The minimum absolute atomic E-state index is 0.355. The Morgan fingerprint density at radius 3 is 2.59 bits per heavy atom. The van der Waals surface area contributed by atoms with Crippen molar-refractivity contribution < 1.29 is 24.2 Å². The molecular formula is C16H17NO5. The second-order valence-corrected chi connectivity index (χ2v) is 5.68. The summed E-state index contributed by atoms with van der Waals surface area (Å²) < 4.78 is 10.7. The van der Waals surface area contributed by atoms with Gasteiger partial charge < -0.3 is 19.9 Å². The highest BCUT2D eigenvalue weighted by molar-refractivity contribution is 5.97. The predicted molar refractivity (Wildman–Crippen MR) is 78.7 cm³/mol. The van der Waals surface area contributed by atoms with Gasteiger partial charge in [-0.2, -0.15) is 0 Å². The van der Waals surface area contributed by atoms with E-state index in [4.69, 9.17) is 9.47 Å². The molecule has 2 bridgehead atoms. The summed E-state index contributed by atoms with van der Waals surface area (Å²) in [5.74, 6) is -2.32. The lowest BCUT2D eigenvalue weighted by molar-refractivity contribution is -0.146. The Hall–Kier alpha value is -2.34. The van der Waals surface area contributed by atoms with Crippen LogP contribution in [0.3, 0.4) is 0 Å². The zero-order valence-electron chi connectivity index (χ0n) is 12.3. The van der Waals surface area contributed by atoms with Crippen LogP contribution in [0.1, 0.15) is 6.92 Å². The summed E-state index contributed by atoms with van der Waals surface area (Å²) in [6.07, 6.45) is 2.94. The number of nitrogens with one attached hydrogen (secondary N) is 1. The van der Waals surface area contributed by atoms with Gasteiger partial charge in [0.05, 0.1) is 24.7 Å². The lowest BCUT2D eigenvalue weighted by atomic mass is 9.75. The number of carboxylic acids is 1. The molecule has 1 aromatic carbocycles. The fourth-order valence-corrected chi connectivity index (χ4v) is 3.17. The molecule has 22 heavy (non-hydrogen) atoms. The van der Waals surface area contributed by atoms with E-state index in [1.807, 2.05) is 0 Å². The number of carbonyl (C=O) groups excluding carboxylic acids is 1. The van der Waals surface area contributed by atoms with Crippen LogP contribution in [0.15, 0.2) is 36.4 Å². The van der Waals surface area contributed by atoms with Gasteiger partial charge >= 0.3 is 5.97 Å². The molecule has 2 aliphatic rings. The number of anilines is 1. The maximum atomic E-state index is 12.6. The molecule has 0 spiro atoms. The summed E-state index contributed by atoms with van der Waals surface area (Å²) in [6, 6.07) is 6.86. The zero-order chi connectivity index (χ0) is 15.9. The number of rotatable bonds is 4. The van der Waals surface area contributed by atoms with Gasteiger partial charge in [-0.05, 0) is 31.2 Å². The molecule has 0 aliphatic carbocycles. The highest BCUT2D eigenvalue weighted by Crippen LogP contribution is 2.47. The van der Waals surface area contributed by atoms with Gasteiger partial charge in [0, 0.05) is 5.69 Å². The molecule has 116 valence electrons. The lowest BCUT2D eigenvalue weighted by Crippen LogP contribution is -2.44. The first-order valence-electron chi connectivity index (χ1n) is 6.99. The van der Waals surface area contributed by atoms with Gasteiger partial charge in [0.15, 0.2) is 0 Å². The van der Waals surface area contributed by atoms with E-state index in [2.05, 4.69) is 5.32 Å². The number of carbonyl (C=O) groups is 2. The van der Waals surface area contributed by atoms with Gasteiger partial charge in [-0.25, -0.2) is 0 Å². The van der Waals surface area contributed by atoms with E-state index in [1.165, 1.54) is 0 Å². The van der Waals surface area contributed by atoms with E-state index in [9.17, 15) is 14.7 Å². The number of benzene rings is 1. The standard InChI is InChI=1S/C16H17NO5/c1-16-8-7-11(22-16)12(15(19)20)13(16)14(18)17-9-3-5-10(21-2)6-4-9/h3-8,11-13H,1-2H3,(H,17,18)(H,19,20)/t11-,12+,13+,16-/m1/s1. The van der Waals surface area contributed by atoms with Crippen molar-refractivity contribution in [1.82, 2.24) is 0 Å². The first kappa shape index (κ1) is 14.6. The molecule has 0 aromatic heterocycles. The summed E-state index contributed by atoms with van der Waals surface area (Å²) >= 11 is 0. The third kappa shape index (κ3) is 2.25. The van der Waals surface area contributed by atoms with E-state index >= 15 is 0 Å². The number of ether oxygens (including phenoxy) is 2. The number of hydrogen-bond donors (Lipinski definition) is 2. The quantitative estimate of drug-likeness (QED) is 0.827. The molecule has 1 amide bonds. The van der Waals surface area contributed by atoms with Gasteiger partial charge in [0.2, 0.25) is 5.91 Å². The smallest absolute Gasteiger partial charge is 0.310 e. The number of carboxylic acid groups (broad SMARTS) is 1. The minimum Gasteiger partial charge on any atom is -0.497 e. The monoisotopic (exact) mass is 303 g/mol. The molecular weight excluding hydrogens is 286 g/mol. The van der Waals surface area contributed by atoms with Gasteiger partial charge in [0.25, 0.3) is 0 Å². The predicted octanol–water partition coefficient (Wildman–Crippen LogP) is 1.68. The third-order valence-electron chi connectivity index (χ3n) is 4.26. The van der Waals surface area contributed by atoms with Crippen molar-refractivity contribution in [1.29, 1.82) is 0 Å². The van der Waals surface area contributed by atoms with Crippen molar-refractivity contribution in [2.24, 2.45) is 11.8 Å². The maximum Gasteiger partial charge on any atom is 0.310 e. The highest BCUT2D eigenvalue weighted by Gasteiger charge is 2.59. The molecule has 0 radical (unpaired) electrons. The topological polar surface area (TPSA) is 84.9 Å². The molecule has 2 heterocycles. The largest absolute Gasteiger partial charge is 0.497 e. The van der Waals surface area contributed by atoms with Crippen molar-refractivity contribution in [2.75, 3.05) is 12.4 Å². The van der Waals surface area contributed by atoms with Crippen LogP contribution in [-0.4, -0.2) is 35.8 Å². The first-order chi connectivity index (χ1) is 10.4. The first-order valence-corrected chi connectivity index (χ1v) is 6.99. The molecule has 1 fully saturated rings. The third-order valence-corrected chi connectivity index (χ3v) is 4.26. The Morgan fingerprint density at radius 2 is 2.00 bits per heavy atom. The molecule has 1 aromatic rings. The second-order valence-electron chi connectivity index (χ2n) is 5.68. The molecule has 0 saturated carbocycles. The normalized spacial score (nSPS) is 32.0. The SMILES string of the molecule is COc1ccc(NC(=O)[C@@H]2[C@@H](C(=O)O)[C@H]3C=C[C@@]2(C)O3)cc1. The highest BCUT2D eigenvalue weighted by atomic mass is 16.5. The van der Waals surface area contributed by atoms with Crippen molar-refractivity contribution in [2.45, 2.75) is 18.6 Å². The van der Waals surface area contributed by atoms with Crippen molar-refractivity contribution in [3.8, 4) is 5.75 Å². The Bertz CT molecular complexity index is 638. The van der Waals surface area contributed by atoms with Crippen LogP contribution in [0.2, 0.25) is 0 Å². The van der Waals surface area contributed by atoms with E-state index in [-0.39, 0.29) is 5.91 Å². The summed E-state index contributed by atoms with van der Waals surface area (Å²) in [5, 5.41) is 12.2. The molecule has 1 saturated heterocycles. The van der Waals surface area contributed by atoms with Crippen LogP contribution in [0.25, 0.3) is 0 Å². The second kappa shape index (κ2) is 5.14. The summed E-state index contributed by atoms with van der Waals surface area (Å²) in [7, 11) is 1.56. The minimum atomic E-state index is -1.02. The fraction of sp³-hybridized carbons (Fsp3) is 0.375. The van der Waals surface area contributed by atoms with Crippen LogP contribution >= 0.6 is 0 Å². The zero-order valence-corrected chi connectivity index (χ0v) is 12.3. The lowest BCUT2D eigenvalue weighted by Gasteiger charge is -2.27.